The van der Waals surface area contributed by atoms with Gasteiger partial charge in [-0.25, -0.2) is 4.39 Å². The fourth-order valence-corrected chi connectivity index (χ4v) is 3.60. The summed E-state index contributed by atoms with van der Waals surface area (Å²) < 4.78 is 14.3. The summed E-state index contributed by atoms with van der Waals surface area (Å²) in [5.41, 5.74) is 2.86. The van der Waals surface area contributed by atoms with E-state index in [2.05, 4.69) is 6.92 Å². The monoisotopic (exact) mass is 304 g/mol. The SMILES string of the molecule is Cc1ccc(F)c2c1CCCN2CC(=O)N1CCC(C)CC1. The second-order valence-corrected chi connectivity index (χ2v) is 6.78. The van der Waals surface area contributed by atoms with Crippen LogP contribution in [-0.2, 0) is 11.2 Å². The minimum Gasteiger partial charge on any atom is -0.360 e. The third-order valence-corrected chi connectivity index (χ3v) is 5.10. The number of carbonyl (C=O) groups is 1. The molecular weight excluding hydrogens is 279 g/mol. The van der Waals surface area contributed by atoms with Crippen molar-refractivity contribution in [1.29, 1.82) is 0 Å². The highest BCUT2D eigenvalue weighted by Crippen LogP contribution is 2.32. The Hall–Kier alpha value is -1.58. The number of rotatable bonds is 2. The molecule has 4 heteroatoms. The van der Waals surface area contributed by atoms with Crippen LogP contribution < -0.4 is 4.90 Å². The molecule has 3 nitrogen and oxygen atoms in total. The van der Waals surface area contributed by atoms with Crippen LogP contribution in [-0.4, -0.2) is 37.0 Å². The predicted molar refractivity (Wildman–Crippen MR) is 86.6 cm³/mol. The van der Waals surface area contributed by atoms with Gasteiger partial charge in [-0.15, -0.1) is 0 Å². The zero-order valence-corrected chi connectivity index (χ0v) is 13.6. The van der Waals surface area contributed by atoms with Gasteiger partial charge in [0.25, 0.3) is 0 Å². The molecule has 3 rings (SSSR count). The summed E-state index contributed by atoms with van der Waals surface area (Å²) in [6.45, 7) is 7.02. The number of anilines is 1. The van der Waals surface area contributed by atoms with Crippen molar-refractivity contribution in [2.24, 2.45) is 5.92 Å². The van der Waals surface area contributed by atoms with Crippen LogP contribution in [0.4, 0.5) is 10.1 Å². The van der Waals surface area contributed by atoms with E-state index in [0.29, 0.717) is 18.2 Å². The fourth-order valence-electron chi connectivity index (χ4n) is 3.60. The van der Waals surface area contributed by atoms with Crippen molar-refractivity contribution in [3.8, 4) is 0 Å². The number of hydrogen-bond donors (Lipinski definition) is 0. The van der Waals surface area contributed by atoms with E-state index < -0.39 is 0 Å². The van der Waals surface area contributed by atoms with Crippen LogP contribution in [0.3, 0.4) is 0 Å². The molecule has 0 bridgehead atoms. The second-order valence-electron chi connectivity index (χ2n) is 6.78. The first-order valence-electron chi connectivity index (χ1n) is 8.37. The molecule has 0 N–H and O–H groups in total. The Morgan fingerprint density at radius 3 is 2.73 bits per heavy atom. The maximum atomic E-state index is 14.3. The van der Waals surface area contributed by atoms with Crippen LogP contribution in [0.25, 0.3) is 0 Å². The Balaban J connectivity index is 1.75. The largest absolute Gasteiger partial charge is 0.360 e. The molecular formula is C18H25FN2O. The van der Waals surface area contributed by atoms with Gasteiger partial charge in [0.1, 0.15) is 5.82 Å². The molecule has 2 aliphatic rings. The van der Waals surface area contributed by atoms with Crippen LogP contribution in [0.2, 0.25) is 0 Å². The molecule has 0 saturated carbocycles. The number of piperidine rings is 1. The maximum Gasteiger partial charge on any atom is 0.242 e. The van der Waals surface area contributed by atoms with Crippen molar-refractivity contribution in [1.82, 2.24) is 4.90 Å². The van der Waals surface area contributed by atoms with Crippen molar-refractivity contribution in [2.75, 3.05) is 31.1 Å². The minimum absolute atomic E-state index is 0.139. The first-order chi connectivity index (χ1) is 10.6. The lowest BCUT2D eigenvalue weighted by molar-refractivity contribution is -0.131. The molecule has 120 valence electrons. The minimum atomic E-state index is -0.194. The van der Waals surface area contributed by atoms with Gasteiger partial charge in [-0.2, -0.15) is 0 Å². The standard InChI is InChI=1S/C18H25FN2O/c1-13-7-10-20(11-8-13)17(22)12-21-9-3-4-15-14(2)5-6-16(19)18(15)21/h5-6,13H,3-4,7-12H2,1-2H3. The third-order valence-electron chi connectivity index (χ3n) is 5.10. The Morgan fingerprint density at radius 1 is 1.27 bits per heavy atom. The van der Waals surface area contributed by atoms with Crippen LogP contribution in [0, 0.1) is 18.7 Å². The van der Waals surface area contributed by atoms with Crippen molar-refractivity contribution in [3.63, 3.8) is 0 Å². The number of hydrogen-bond acceptors (Lipinski definition) is 2. The van der Waals surface area contributed by atoms with Gasteiger partial charge in [0, 0.05) is 19.6 Å². The molecule has 0 atom stereocenters. The summed E-state index contributed by atoms with van der Waals surface area (Å²) in [6.07, 6.45) is 4.05. The zero-order valence-electron chi connectivity index (χ0n) is 13.6. The summed E-state index contributed by atoms with van der Waals surface area (Å²) in [4.78, 5) is 16.4. The van der Waals surface area contributed by atoms with Gasteiger partial charge in [-0.1, -0.05) is 13.0 Å². The molecule has 0 aliphatic carbocycles. The molecule has 0 radical (unpaired) electrons. The summed E-state index contributed by atoms with van der Waals surface area (Å²) in [7, 11) is 0. The molecule has 1 amide bonds. The number of fused-ring (bicyclic) bond motifs is 1. The number of aryl methyl sites for hydroxylation is 1. The lowest BCUT2D eigenvalue weighted by Gasteiger charge is -2.35. The van der Waals surface area contributed by atoms with Crippen LogP contribution in [0.5, 0.6) is 0 Å². The van der Waals surface area contributed by atoms with E-state index in [0.717, 1.165) is 56.4 Å². The summed E-state index contributed by atoms with van der Waals surface area (Å²) in [5, 5.41) is 0. The number of amides is 1. The molecule has 2 heterocycles. The highest BCUT2D eigenvalue weighted by Gasteiger charge is 2.27. The summed E-state index contributed by atoms with van der Waals surface area (Å²) in [5.74, 6) is 0.654. The van der Waals surface area contributed by atoms with Gasteiger partial charge in [0.2, 0.25) is 5.91 Å². The number of nitrogens with zero attached hydrogens (tertiary/aromatic N) is 2. The number of carbonyl (C=O) groups excluding carboxylic acids is 1. The van der Waals surface area contributed by atoms with Gasteiger partial charge in [-0.05, 0) is 55.7 Å². The average molecular weight is 304 g/mol. The number of likely N-dealkylation sites (tertiary alicyclic amines) is 1. The Labute approximate surface area is 132 Å². The number of halogens is 1. The quantitative estimate of drug-likeness (QED) is 0.838. The Bertz CT molecular complexity index is 564. The van der Waals surface area contributed by atoms with Crippen molar-refractivity contribution in [2.45, 2.75) is 39.5 Å². The van der Waals surface area contributed by atoms with E-state index in [-0.39, 0.29) is 11.7 Å². The van der Waals surface area contributed by atoms with Gasteiger partial charge in [0.05, 0.1) is 12.2 Å². The van der Waals surface area contributed by atoms with Crippen LogP contribution in [0.1, 0.15) is 37.3 Å². The normalized spacial score (nSPS) is 19.2. The molecule has 2 aliphatic heterocycles. The third kappa shape index (κ3) is 2.96. The van der Waals surface area contributed by atoms with Crippen molar-refractivity contribution >= 4 is 11.6 Å². The first-order valence-corrected chi connectivity index (χ1v) is 8.37. The topological polar surface area (TPSA) is 23.6 Å². The lowest BCUT2D eigenvalue weighted by Crippen LogP contribution is -2.45. The number of benzene rings is 1. The van der Waals surface area contributed by atoms with Crippen LogP contribution in [0.15, 0.2) is 12.1 Å². The smallest absolute Gasteiger partial charge is 0.242 e. The molecule has 1 fully saturated rings. The highest BCUT2D eigenvalue weighted by molar-refractivity contribution is 5.82. The molecule has 1 saturated heterocycles. The molecule has 0 spiro atoms. The predicted octanol–water partition coefficient (Wildman–Crippen LogP) is 3.15. The molecule has 0 aromatic heterocycles. The van der Waals surface area contributed by atoms with E-state index in [9.17, 15) is 9.18 Å². The zero-order chi connectivity index (χ0) is 15.7. The van der Waals surface area contributed by atoms with E-state index >= 15 is 0 Å². The van der Waals surface area contributed by atoms with E-state index in [1.807, 2.05) is 22.8 Å². The van der Waals surface area contributed by atoms with Gasteiger partial charge in [-0.3, -0.25) is 4.79 Å². The van der Waals surface area contributed by atoms with E-state index in [1.165, 1.54) is 6.07 Å². The lowest BCUT2D eigenvalue weighted by atomic mass is 9.96. The van der Waals surface area contributed by atoms with E-state index in [1.54, 1.807) is 0 Å². The van der Waals surface area contributed by atoms with Gasteiger partial charge < -0.3 is 9.80 Å². The summed E-state index contributed by atoms with van der Waals surface area (Å²) >= 11 is 0. The Kier molecular flexibility index (Phi) is 4.37. The Morgan fingerprint density at radius 2 is 2.00 bits per heavy atom. The van der Waals surface area contributed by atoms with Crippen molar-refractivity contribution < 1.29 is 9.18 Å². The highest BCUT2D eigenvalue weighted by atomic mass is 19.1. The van der Waals surface area contributed by atoms with Crippen molar-refractivity contribution in [3.05, 3.63) is 29.1 Å². The molecule has 1 aromatic rings. The maximum absolute atomic E-state index is 14.3. The molecule has 0 unspecified atom stereocenters. The average Bonchev–Trinajstić information content (AvgIpc) is 2.52. The fraction of sp³-hybridized carbons (Fsp3) is 0.611. The van der Waals surface area contributed by atoms with Gasteiger partial charge in [0.15, 0.2) is 0 Å². The molecule has 1 aromatic carbocycles. The molecule has 22 heavy (non-hydrogen) atoms. The van der Waals surface area contributed by atoms with E-state index in [4.69, 9.17) is 0 Å². The van der Waals surface area contributed by atoms with Gasteiger partial charge >= 0.3 is 0 Å². The second kappa shape index (κ2) is 6.27. The first kappa shape index (κ1) is 15.3. The van der Waals surface area contributed by atoms with Crippen LogP contribution >= 0.6 is 0 Å². The summed E-state index contributed by atoms with van der Waals surface area (Å²) in [6, 6.07) is 3.37.